The number of carbonyl (C=O) groups excluding carboxylic acids is 1. The number of anilines is 1. The van der Waals surface area contributed by atoms with Gasteiger partial charge >= 0.3 is 5.97 Å². The number of nitrogens with zero attached hydrogens (tertiary/aromatic N) is 3. The van der Waals surface area contributed by atoms with Crippen molar-refractivity contribution in [2.75, 3.05) is 20.0 Å². The van der Waals surface area contributed by atoms with Crippen LogP contribution in [-0.4, -0.2) is 34.8 Å². The molecule has 8 nitrogen and oxygen atoms in total. The van der Waals surface area contributed by atoms with Gasteiger partial charge in [-0.15, -0.1) is 0 Å². The first-order valence-electron chi connectivity index (χ1n) is 10.8. The lowest BCUT2D eigenvalue weighted by molar-refractivity contribution is 0.0602. The van der Waals surface area contributed by atoms with E-state index in [9.17, 15) is 4.79 Å². The molecule has 5 aromatic rings. The van der Waals surface area contributed by atoms with Crippen molar-refractivity contribution in [3.63, 3.8) is 0 Å². The predicted molar refractivity (Wildman–Crippen MR) is 133 cm³/mol. The number of fused-ring (bicyclic) bond motifs is 1. The Bertz CT molecular complexity index is 1510. The molecule has 0 aliphatic rings. The second kappa shape index (κ2) is 9.18. The van der Waals surface area contributed by atoms with Gasteiger partial charge in [-0.2, -0.15) is 5.10 Å². The molecule has 0 aliphatic heterocycles. The third-order valence-electron chi connectivity index (χ3n) is 5.61. The molecule has 2 N–H and O–H groups in total. The second-order valence-corrected chi connectivity index (χ2v) is 7.67. The fourth-order valence-corrected chi connectivity index (χ4v) is 4.05. The Morgan fingerprint density at radius 1 is 0.857 bits per heavy atom. The number of rotatable bonds is 6. The number of aromatic nitrogens is 3. The van der Waals surface area contributed by atoms with Crippen molar-refractivity contribution in [1.82, 2.24) is 14.6 Å². The number of nitrogens with two attached hydrogens (primary N) is 1. The summed E-state index contributed by atoms with van der Waals surface area (Å²) in [5.74, 6) is 1.73. The van der Waals surface area contributed by atoms with Crippen LogP contribution in [0.25, 0.3) is 27.9 Å². The fraction of sp³-hybridized carbons (Fsp3) is 0.0741. The highest BCUT2D eigenvalue weighted by Crippen LogP contribution is 2.41. The summed E-state index contributed by atoms with van der Waals surface area (Å²) in [5.41, 5.74) is 9.68. The van der Waals surface area contributed by atoms with Gasteiger partial charge in [0, 0.05) is 11.1 Å². The van der Waals surface area contributed by atoms with E-state index in [1.807, 2.05) is 78.9 Å². The minimum Gasteiger partial charge on any atom is -0.497 e. The maximum Gasteiger partial charge on any atom is 0.340 e. The number of nitrogen functional groups attached to an aromatic ring is 1. The normalized spacial score (nSPS) is 10.8. The van der Waals surface area contributed by atoms with Crippen LogP contribution >= 0.6 is 0 Å². The monoisotopic (exact) mass is 466 g/mol. The Morgan fingerprint density at radius 3 is 2.29 bits per heavy atom. The van der Waals surface area contributed by atoms with Crippen molar-refractivity contribution < 1.29 is 19.0 Å². The highest BCUT2D eigenvalue weighted by atomic mass is 16.5. The summed E-state index contributed by atoms with van der Waals surface area (Å²) in [4.78, 5) is 17.3. The van der Waals surface area contributed by atoms with E-state index in [0.717, 1.165) is 11.3 Å². The lowest BCUT2D eigenvalue weighted by atomic mass is 9.98. The minimum absolute atomic E-state index is 0.235. The molecule has 0 spiro atoms. The zero-order valence-electron chi connectivity index (χ0n) is 19.1. The highest BCUT2D eigenvalue weighted by molar-refractivity contribution is 6.10. The number of para-hydroxylation sites is 1. The first-order valence-corrected chi connectivity index (χ1v) is 10.8. The smallest absolute Gasteiger partial charge is 0.340 e. The van der Waals surface area contributed by atoms with E-state index < -0.39 is 5.97 Å². The molecule has 0 bridgehead atoms. The minimum atomic E-state index is -0.521. The number of methoxy groups -OCH3 is 2. The van der Waals surface area contributed by atoms with Gasteiger partial charge in [0.2, 0.25) is 0 Å². The maximum atomic E-state index is 13.2. The number of ether oxygens (including phenoxy) is 3. The first kappa shape index (κ1) is 22.0. The Kier molecular flexibility index (Phi) is 5.76. The van der Waals surface area contributed by atoms with Gasteiger partial charge in [-0.1, -0.05) is 42.5 Å². The van der Waals surface area contributed by atoms with E-state index in [-0.39, 0.29) is 5.82 Å². The third-order valence-corrected chi connectivity index (χ3v) is 5.61. The average molecular weight is 466 g/mol. The molecule has 0 saturated carbocycles. The zero-order valence-corrected chi connectivity index (χ0v) is 19.1. The van der Waals surface area contributed by atoms with Crippen LogP contribution in [0, 0.1) is 0 Å². The molecule has 0 amide bonds. The van der Waals surface area contributed by atoms with E-state index in [1.54, 1.807) is 11.6 Å². The quantitative estimate of drug-likeness (QED) is 0.342. The SMILES string of the molecule is COC(=O)c1c(-c2ccc(Oc3ccccc3)cc2)c2c(N)ncnn2c1-c1cccc(OC)c1. The first-order chi connectivity index (χ1) is 17.1. The van der Waals surface area contributed by atoms with Crippen LogP contribution in [0.3, 0.4) is 0 Å². The molecule has 5 rings (SSSR count). The Balaban J connectivity index is 1.73. The lowest BCUT2D eigenvalue weighted by Gasteiger charge is -2.09. The van der Waals surface area contributed by atoms with Gasteiger partial charge in [0.1, 0.15) is 29.1 Å². The Hall–Kier alpha value is -4.85. The lowest BCUT2D eigenvalue weighted by Crippen LogP contribution is -2.05. The molecule has 35 heavy (non-hydrogen) atoms. The predicted octanol–water partition coefficient (Wildman–Crippen LogP) is 5.23. The summed E-state index contributed by atoms with van der Waals surface area (Å²) >= 11 is 0. The summed E-state index contributed by atoms with van der Waals surface area (Å²) in [5, 5.41) is 4.42. The maximum absolute atomic E-state index is 13.2. The van der Waals surface area contributed by atoms with Gasteiger partial charge in [-0.3, -0.25) is 0 Å². The Morgan fingerprint density at radius 2 is 1.57 bits per heavy atom. The molecular formula is C27H22N4O4. The molecule has 0 radical (unpaired) electrons. The van der Waals surface area contributed by atoms with Crippen molar-refractivity contribution in [1.29, 1.82) is 0 Å². The summed E-state index contributed by atoms with van der Waals surface area (Å²) in [6.45, 7) is 0. The number of hydrogen-bond donors (Lipinski definition) is 1. The van der Waals surface area contributed by atoms with Crippen LogP contribution in [0.5, 0.6) is 17.2 Å². The molecule has 0 unspecified atom stereocenters. The van der Waals surface area contributed by atoms with Crippen molar-refractivity contribution in [3.8, 4) is 39.6 Å². The molecule has 0 aliphatic carbocycles. The number of carbonyl (C=O) groups is 1. The molecule has 0 saturated heterocycles. The van der Waals surface area contributed by atoms with Gasteiger partial charge in [-0.05, 0) is 42.0 Å². The van der Waals surface area contributed by atoms with Crippen LogP contribution in [0.15, 0.2) is 85.2 Å². The summed E-state index contributed by atoms with van der Waals surface area (Å²) in [6, 6.07) is 24.2. The van der Waals surface area contributed by atoms with E-state index in [0.29, 0.717) is 39.4 Å². The molecule has 0 fully saturated rings. The number of hydrogen-bond acceptors (Lipinski definition) is 7. The number of esters is 1. The van der Waals surface area contributed by atoms with Crippen LogP contribution in [0.4, 0.5) is 5.82 Å². The molecule has 2 heterocycles. The Labute approximate surface area is 201 Å². The molecular weight excluding hydrogens is 444 g/mol. The van der Waals surface area contributed by atoms with Crippen molar-refractivity contribution in [2.45, 2.75) is 0 Å². The van der Waals surface area contributed by atoms with E-state index in [1.165, 1.54) is 13.4 Å². The third kappa shape index (κ3) is 4.02. The van der Waals surface area contributed by atoms with Gasteiger partial charge < -0.3 is 19.9 Å². The van der Waals surface area contributed by atoms with Gasteiger partial charge in [0.05, 0.1) is 25.5 Å². The van der Waals surface area contributed by atoms with E-state index in [4.69, 9.17) is 19.9 Å². The van der Waals surface area contributed by atoms with Crippen molar-refractivity contribution in [2.24, 2.45) is 0 Å². The number of benzene rings is 3. The van der Waals surface area contributed by atoms with Crippen molar-refractivity contribution >= 4 is 17.3 Å². The molecule has 8 heteroatoms. The van der Waals surface area contributed by atoms with Crippen LogP contribution < -0.4 is 15.2 Å². The summed E-state index contributed by atoms with van der Waals surface area (Å²) in [6.07, 6.45) is 1.35. The average Bonchev–Trinajstić information content (AvgIpc) is 3.26. The molecule has 0 atom stereocenters. The second-order valence-electron chi connectivity index (χ2n) is 7.67. The summed E-state index contributed by atoms with van der Waals surface area (Å²) in [7, 11) is 2.93. The fourth-order valence-electron chi connectivity index (χ4n) is 4.05. The van der Waals surface area contributed by atoms with Crippen molar-refractivity contribution in [3.05, 3.63) is 90.8 Å². The van der Waals surface area contributed by atoms with Gasteiger partial charge in [0.15, 0.2) is 5.82 Å². The standard InChI is InChI=1S/C27H22N4O4/c1-33-21-10-6-7-18(15-21)24-23(27(32)34-2)22(25-26(28)29-16-30-31(24)25)17-11-13-20(14-12-17)35-19-8-4-3-5-9-19/h3-16H,1-2H3,(H2,28,29,30). The van der Waals surface area contributed by atoms with E-state index in [2.05, 4.69) is 10.1 Å². The van der Waals surface area contributed by atoms with Gasteiger partial charge in [0.25, 0.3) is 0 Å². The molecule has 2 aromatic heterocycles. The van der Waals surface area contributed by atoms with Crippen LogP contribution in [0.1, 0.15) is 10.4 Å². The van der Waals surface area contributed by atoms with Gasteiger partial charge in [-0.25, -0.2) is 14.3 Å². The molecule has 3 aromatic carbocycles. The zero-order chi connectivity index (χ0) is 24.4. The highest BCUT2D eigenvalue weighted by Gasteiger charge is 2.29. The van der Waals surface area contributed by atoms with E-state index >= 15 is 0 Å². The topological polar surface area (TPSA) is 101 Å². The van der Waals surface area contributed by atoms with Crippen LogP contribution in [0.2, 0.25) is 0 Å². The molecule has 174 valence electrons. The van der Waals surface area contributed by atoms with Crippen LogP contribution in [-0.2, 0) is 4.74 Å². The summed E-state index contributed by atoms with van der Waals surface area (Å²) < 4.78 is 18.1. The largest absolute Gasteiger partial charge is 0.497 e.